The third-order valence-electron chi connectivity index (χ3n) is 8.82. The zero-order valence-electron chi connectivity index (χ0n) is 21.1. The van der Waals surface area contributed by atoms with Gasteiger partial charge in [-0.25, -0.2) is 8.42 Å². The summed E-state index contributed by atoms with van der Waals surface area (Å²) >= 11 is 0. The summed E-state index contributed by atoms with van der Waals surface area (Å²) < 4.78 is 27.1. The largest absolute Gasteiger partial charge is 0.395 e. The van der Waals surface area contributed by atoms with E-state index in [-0.39, 0.29) is 11.7 Å². The molecule has 2 saturated carbocycles. The van der Waals surface area contributed by atoms with Gasteiger partial charge in [-0.2, -0.15) is 0 Å². The molecule has 4 aliphatic rings. The Labute approximate surface area is 218 Å². The summed E-state index contributed by atoms with van der Waals surface area (Å²) in [5.74, 6) is -0.0109. The Balaban J connectivity index is 1.25. The van der Waals surface area contributed by atoms with Crippen molar-refractivity contribution in [3.05, 3.63) is 47.5 Å². The fraction of sp³-hybridized carbons (Fsp3) is 0.536. The second kappa shape index (κ2) is 9.51. The zero-order valence-corrected chi connectivity index (χ0v) is 21.9. The summed E-state index contributed by atoms with van der Waals surface area (Å²) in [4.78, 5) is 15.7. The maximum absolute atomic E-state index is 13.5. The van der Waals surface area contributed by atoms with Gasteiger partial charge in [0, 0.05) is 36.4 Å². The van der Waals surface area contributed by atoms with E-state index in [0.717, 1.165) is 43.0 Å². The van der Waals surface area contributed by atoms with E-state index in [9.17, 15) is 13.2 Å². The summed E-state index contributed by atoms with van der Waals surface area (Å²) in [7, 11) is -3.66. The predicted molar refractivity (Wildman–Crippen MR) is 147 cm³/mol. The fourth-order valence-corrected chi connectivity index (χ4v) is 7.28. The van der Waals surface area contributed by atoms with Crippen LogP contribution in [0.1, 0.15) is 73.2 Å². The summed E-state index contributed by atoms with van der Waals surface area (Å²) in [6.45, 7) is 1.24. The molecule has 3 fully saturated rings. The van der Waals surface area contributed by atoms with Gasteiger partial charge in [-0.3, -0.25) is 9.52 Å². The van der Waals surface area contributed by atoms with E-state index in [1.165, 1.54) is 44.1 Å². The smallest absolute Gasteiger partial charge is 0.257 e. The number of hydrogen-bond acceptors (Lipinski definition) is 6. The quantitative estimate of drug-likeness (QED) is 0.424. The van der Waals surface area contributed by atoms with Crippen molar-refractivity contribution in [2.24, 2.45) is 5.41 Å². The van der Waals surface area contributed by atoms with Crippen molar-refractivity contribution in [1.29, 1.82) is 0 Å². The first-order valence-corrected chi connectivity index (χ1v) is 15.2. The molecule has 8 nitrogen and oxygen atoms in total. The van der Waals surface area contributed by atoms with Gasteiger partial charge in [0.2, 0.25) is 10.0 Å². The topological polar surface area (TPSA) is 111 Å². The SMILES string of the molecule is O=C(Nc1ccc2c(c1)NC1CCCCC21)c1ccc(NS(=O)(=O)CCO)cc1N1CCC2(CC1)CC2. The Morgan fingerprint density at radius 1 is 1.03 bits per heavy atom. The molecule has 4 N–H and O–H groups in total. The minimum absolute atomic E-state index is 0.207. The number of piperidine rings is 1. The van der Waals surface area contributed by atoms with Crippen LogP contribution in [0.25, 0.3) is 0 Å². The van der Waals surface area contributed by atoms with Crippen molar-refractivity contribution in [2.75, 3.05) is 45.7 Å². The molecular weight excluding hydrogens is 488 g/mol. The molecule has 37 heavy (non-hydrogen) atoms. The fourth-order valence-electron chi connectivity index (χ4n) is 6.45. The van der Waals surface area contributed by atoms with Gasteiger partial charge in [0.1, 0.15) is 0 Å². The van der Waals surface area contributed by atoms with Crippen LogP contribution in [0.3, 0.4) is 0 Å². The first kappa shape index (κ1) is 24.6. The van der Waals surface area contributed by atoms with Gasteiger partial charge < -0.3 is 20.6 Å². The van der Waals surface area contributed by atoms with Crippen LogP contribution in [0.4, 0.5) is 22.7 Å². The molecule has 198 valence electrons. The number of anilines is 4. The van der Waals surface area contributed by atoms with Gasteiger partial charge in [-0.1, -0.05) is 18.9 Å². The van der Waals surface area contributed by atoms with Crippen molar-refractivity contribution in [3.8, 4) is 0 Å². The highest BCUT2D eigenvalue weighted by atomic mass is 32.2. The van der Waals surface area contributed by atoms with E-state index in [0.29, 0.717) is 28.6 Å². The van der Waals surface area contributed by atoms with Crippen molar-refractivity contribution in [2.45, 2.75) is 63.3 Å². The van der Waals surface area contributed by atoms with E-state index in [1.54, 1.807) is 18.2 Å². The van der Waals surface area contributed by atoms with Crippen LogP contribution in [0.5, 0.6) is 0 Å². The van der Waals surface area contributed by atoms with Crippen LogP contribution in [0.2, 0.25) is 0 Å². The number of hydrogen-bond donors (Lipinski definition) is 4. The van der Waals surface area contributed by atoms with E-state index in [1.807, 2.05) is 12.1 Å². The van der Waals surface area contributed by atoms with Crippen molar-refractivity contribution >= 4 is 38.7 Å². The van der Waals surface area contributed by atoms with Crippen molar-refractivity contribution < 1.29 is 18.3 Å². The third kappa shape index (κ3) is 5.03. The number of fused-ring (bicyclic) bond motifs is 3. The lowest BCUT2D eigenvalue weighted by atomic mass is 9.83. The number of aliphatic hydroxyl groups is 1. The van der Waals surface area contributed by atoms with Crippen LogP contribution in [-0.2, 0) is 10.0 Å². The first-order valence-electron chi connectivity index (χ1n) is 13.6. The molecule has 0 aromatic heterocycles. The monoisotopic (exact) mass is 524 g/mol. The molecule has 6 rings (SSSR count). The van der Waals surface area contributed by atoms with Gasteiger partial charge in [-0.15, -0.1) is 0 Å². The van der Waals surface area contributed by atoms with Gasteiger partial charge in [0.05, 0.1) is 29.3 Å². The number of rotatable bonds is 7. The number of carbonyl (C=O) groups excluding carboxylic acids is 1. The molecular formula is C28H36N4O4S. The molecule has 9 heteroatoms. The standard InChI is InChI=1S/C28H36N4O4S/c33-15-16-37(35,36)31-20-6-8-23(26(18-20)32-13-11-28(9-10-28)12-14-32)27(34)29-19-5-7-22-21-3-1-2-4-24(21)30-25(22)17-19/h5-8,17-18,21,24,30-31,33H,1-4,9-16H2,(H,29,34). The summed E-state index contributed by atoms with van der Waals surface area (Å²) in [5, 5.41) is 15.8. The van der Waals surface area contributed by atoms with Crippen LogP contribution in [0, 0.1) is 5.41 Å². The Hall–Kier alpha value is -2.78. The number of aliphatic hydroxyl groups excluding tert-OH is 1. The molecule has 1 saturated heterocycles. The number of carbonyl (C=O) groups is 1. The summed E-state index contributed by atoms with van der Waals surface area (Å²) in [6, 6.07) is 11.7. The van der Waals surface area contributed by atoms with E-state index in [4.69, 9.17) is 5.11 Å². The highest BCUT2D eigenvalue weighted by Gasteiger charge is 2.44. The number of benzene rings is 2. The average Bonchev–Trinajstić information content (AvgIpc) is 3.52. The van der Waals surface area contributed by atoms with Crippen molar-refractivity contribution in [1.82, 2.24) is 0 Å². The van der Waals surface area contributed by atoms with Gasteiger partial charge in [-0.05, 0) is 79.8 Å². The molecule has 2 heterocycles. The maximum atomic E-state index is 13.5. The Kier molecular flexibility index (Phi) is 6.31. The average molecular weight is 525 g/mol. The molecule has 2 aromatic carbocycles. The molecule has 0 radical (unpaired) electrons. The predicted octanol–water partition coefficient (Wildman–Crippen LogP) is 4.51. The van der Waals surface area contributed by atoms with Crippen LogP contribution in [0.15, 0.2) is 36.4 Å². The van der Waals surface area contributed by atoms with E-state index < -0.39 is 16.6 Å². The Morgan fingerprint density at radius 2 is 1.78 bits per heavy atom. The molecule has 0 bridgehead atoms. The van der Waals surface area contributed by atoms with Gasteiger partial charge >= 0.3 is 0 Å². The third-order valence-corrected chi connectivity index (χ3v) is 10.1. The number of nitrogens with one attached hydrogen (secondary N) is 3. The second-order valence-corrected chi connectivity index (χ2v) is 13.1. The van der Waals surface area contributed by atoms with Crippen LogP contribution >= 0.6 is 0 Å². The van der Waals surface area contributed by atoms with Gasteiger partial charge in [0.25, 0.3) is 5.91 Å². The second-order valence-electron chi connectivity index (χ2n) is 11.3. The van der Waals surface area contributed by atoms with Gasteiger partial charge in [0.15, 0.2) is 0 Å². The maximum Gasteiger partial charge on any atom is 0.257 e. The minimum atomic E-state index is -3.66. The Bertz CT molecular complexity index is 1300. The molecule has 1 amide bonds. The number of sulfonamides is 1. The zero-order chi connectivity index (χ0) is 25.6. The summed E-state index contributed by atoms with van der Waals surface area (Å²) in [6.07, 6.45) is 9.68. The molecule has 2 aromatic rings. The van der Waals surface area contributed by atoms with E-state index >= 15 is 0 Å². The number of nitrogens with zero attached hydrogens (tertiary/aromatic N) is 1. The molecule has 1 spiro atoms. The van der Waals surface area contributed by atoms with Crippen LogP contribution < -0.4 is 20.3 Å². The van der Waals surface area contributed by atoms with Crippen molar-refractivity contribution in [3.63, 3.8) is 0 Å². The molecule has 2 aliphatic carbocycles. The minimum Gasteiger partial charge on any atom is -0.395 e. The molecule has 2 aliphatic heterocycles. The molecule has 2 unspecified atom stereocenters. The lowest BCUT2D eigenvalue weighted by Gasteiger charge is -2.35. The first-order chi connectivity index (χ1) is 17.8. The summed E-state index contributed by atoms with van der Waals surface area (Å²) in [5.41, 5.74) is 5.37. The van der Waals surface area contributed by atoms with Crippen LogP contribution in [-0.4, -0.2) is 50.9 Å². The number of amides is 1. The normalized spacial score (nSPS) is 23.6. The lowest BCUT2D eigenvalue weighted by molar-refractivity contribution is 0.102. The highest BCUT2D eigenvalue weighted by Crippen LogP contribution is 2.54. The molecule has 2 atom stereocenters. The Morgan fingerprint density at radius 3 is 2.54 bits per heavy atom. The lowest BCUT2D eigenvalue weighted by Crippen LogP contribution is -2.35. The van der Waals surface area contributed by atoms with E-state index in [2.05, 4.69) is 26.3 Å². The highest BCUT2D eigenvalue weighted by molar-refractivity contribution is 7.92.